The molecule has 128 valence electrons. The van der Waals surface area contributed by atoms with Crippen molar-refractivity contribution < 1.29 is 26.3 Å². The van der Waals surface area contributed by atoms with Gasteiger partial charge in [0, 0.05) is 13.1 Å². The minimum atomic E-state index is -4.79. The lowest BCUT2D eigenvalue weighted by Crippen LogP contribution is -2.29. The van der Waals surface area contributed by atoms with Gasteiger partial charge in [0.1, 0.15) is 5.75 Å². The number of fused-ring (bicyclic) bond motifs is 1. The highest BCUT2D eigenvalue weighted by Crippen LogP contribution is 2.27. The van der Waals surface area contributed by atoms with E-state index in [0.717, 1.165) is 17.4 Å². The molecule has 0 aliphatic rings. The molecule has 0 aliphatic carbocycles. The Hall–Kier alpha value is -1.59. The predicted molar refractivity (Wildman–Crippen MR) is 79.8 cm³/mol. The summed E-state index contributed by atoms with van der Waals surface area (Å²) in [6, 6.07) is 3.70. The Kier molecular flexibility index (Phi) is 5.01. The van der Waals surface area contributed by atoms with Crippen LogP contribution < -0.4 is 14.3 Å². The Morgan fingerprint density at radius 3 is 2.70 bits per heavy atom. The number of nitrogens with zero attached hydrogens (tertiary/aromatic N) is 1. The highest BCUT2D eigenvalue weighted by Gasteiger charge is 2.31. The summed E-state index contributed by atoms with van der Waals surface area (Å²) in [5.74, 6) is -0.594. The number of halogens is 3. The maximum atomic E-state index is 12.2. The number of sulfonamides is 1. The van der Waals surface area contributed by atoms with E-state index in [2.05, 4.69) is 9.46 Å². The summed E-state index contributed by atoms with van der Waals surface area (Å²) < 4.78 is 68.0. The second-order valence-corrected chi connectivity index (χ2v) is 7.51. The molecule has 0 saturated carbocycles. The second kappa shape index (κ2) is 6.49. The molecule has 2 aromatic rings. The van der Waals surface area contributed by atoms with Gasteiger partial charge in [0.05, 0.1) is 16.0 Å². The van der Waals surface area contributed by atoms with Gasteiger partial charge in [-0.1, -0.05) is 18.3 Å². The second-order valence-electron chi connectivity index (χ2n) is 4.55. The van der Waals surface area contributed by atoms with E-state index in [1.165, 1.54) is 16.7 Å². The van der Waals surface area contributed by atoms with Crippen molar-refractivity contribution in [3.05, 3.63) is 23.0 Å². The molecule has 0 unspecified atom stereocenters. The smallest absolute Gasteiger partial charge is 0.406 e. The SMILES string of the molecule is CCNS(=O)(=O)CCn1c(=N)sc2cc(OC(F)(F)F)ccc21. The molecule has 6 nitrogen and oxygen atoms in total. The summed E-state index contributed by atoms with van der Waals surface area (Å²) in [6.07, 6.45) is -4.79. The van der Waals surface area contributed by atoms with Crippen LogP contribution in [0.5, 0.6) is 5.75 Å². The molecule has 2 N–H and O–H groups in total. The third kappa shape index (κ3) is 4.69. The van der Waals surface area contributed by atoms with Crippen LogP contribution in [0.15, 0.2) is 18.2 Å². The van der Waals surface area contributed by atoms with Crippen LogP contribution >= 0.6 is 11.3 Å². The van der Waals surface area contributed by atoms with E-state index in [1.54, 1.807) is 6.92 Å². The van der Waals surface area contributed by atoms with Gasteiger partial charge in [-0.3, -0.25) is 5.41 Å². The van der Waals surface area contributed by atoms with Crippen molar-refractivity contribution in [2.75, 3.05) is 12.3 Å². The number of aromatic nitrogens is 1. The molecule has 0 saturated heterocycles. The maximum absolute atomic E-state index is 12.2. The zero-order chi connectivity index (χ0) is 17.3. The highest BCUT2D eigenvalue weighted by molar-refractivity contribution is 7.89. The van der Waals surface area contributed by atoms with Crippen molar-refractivity contribution in [1.29, 1.82) is 5.41 Å². The molecule has 0 bridgehead atoms. The maximum Gasteiger partial charge on any atom is 0.573 e. The summed E-state index contributed by atoms with van der Waals surface area (Å²) in [7, 11) is -3.45. The van der Waals surface area contributed by atoms with E-state index < -0.39 is 16.4 Å². The Balaban J connectivity index is 2.28. The zero-order valence-electron chi connectivity index (χ0n) is 12.0. The molecule has 0 atom stereocenters. The number of hydrogen-bond donors (Lipinski definition) is 2. The first-order valence-electron chi connectivity index (χ1n) is 6.52. The Bertz CT molecular complexity index is 856. The summed E-state index contributed by atoms with van der Waals surface area (Å²) in [6.45, 7) is 1.96. The van der Waals surface area contributed by atoms with Crippen LogP contribution in [0.4, 0.5) is 13.2 Å². The van der Waals surface area contributed by atoms with Gasteiger partial charge in [0.2, 0.25) is 10.0 Å². The number of hydrogen-bond acceptors (Lipinski definition) is 5. The van der Waals surface area contributed by atoms with Crippen LogP contribution in [0.3, 0.4) is 0 Å². The van der Waals surface area contributed by atoms with Gasteiger partial charge in [0.15, 0.2) is 4.80 Å². The van der Waals surface area contributed by atoms with Gasteiger partial charge in [-0.2, -0.15) is 0 Å². The number of thiazole rings is 1. The topological polar surface area (TPSA) is 84.2 Å². The van der Waals surface area contributed by atoms with Crippen LogP contribution in [0.25, 0.3) is 10.2 Å². The van der Waals surface area contributed by atoms with Crippen LogP contribution in [0.2, 0.25) is 0 Å². The fourth-order valence-corrected chi connectivity index (χ4v) is 3.96. The fourth-order valence-electron chi connectivity index (χ4n) is 1.99. The van der Waals surface area contributed by atoms with E-state index in [9.17, 15) is 21.6 Å². The van der Waals surface area contributed by atoms with Gasteiger partial charge in [-0.05, 0) is 18.2 Å². The van der Waals surface area contributed by atoms with Crippen molar-refractivity contribution in [1.82, 2.24) is 9.29 Å². The fraction of sp³-hybridized carbons (Fsp3) is 0.417. The van der Waals surface area contributed by atoms with E-state index in [1.807, 2.05) is 0 Å². The normalized spacial score (nSPS) is 12.7. The number of benzene rings is 1. The van der Waals surface area contributed by atoms with E-state index in [0.29, 0.717) is 10.2 Å². The lowest BCUT2D eigenvalue weighted by Gasteiger charge is -2.09. The zero-order valence-corrected chi connectivity index (χ0v) is 13.6. The summed E-state index contributed by atoms with van der Waals surface area (Å²) >= 11 is 0.950. The molecule has 0 aliphatic heterocycles. The first-order chi connectivity index (χ1) is 10.6. The molecule has 0 radical (unpaired) electrons. The molecular weight excluding hydrogens is 355 g/mol. The molecule has 11 heteroatoms. The van der Waals surface area contributed by atoms with E-state index in [4.69, 9.17) is 5.41 Å². The molecular formula is C12H14F3N3O3S2. The lowest BCUT2D eigenvalue weighted by atomic mass is 10.3. The predicted octanol–water partition coefficient (Wildman–Crippen LogP) is 2.02. The van der Waals surface area contributed by atoms with Crippen LogP contribution in [-0.4, -0.2) is 31.6 Å². The van der Waals surface area contributed by atoms with Gasteiger partial charge < -0.3 is 9.30 Å². The number of nitrogens with one attached hydrogen (secondary N) is 2. The quantitative estimate of drug-likeness (QED) is 0.817. The molecule has 0 amide bonds. The van der Waals surface area contributed by atoms with Crippen molar-refractivity contribution in [2.24, 2.45) is 0 Å². The first kappa shape index (κ1) is 17.8. The van der Waals surface area contributed by atoms with E-state index in [-0.39, 0.29) is 29.4 Å². The third-order valence-electron chi connectivity index (χ3n) is 2.86. The molecule has 1 aromatic carbocycles. The average molecular weight is 369 g/mol. The molecule has 1 aromatic heterocycles. The van der Waals surface area contributed by atoms with Crippen molar-refractivity contribution in [2.45, 2.75) is 19.8 Å². The molecule has 1 heterocycles. The summed E-state index contributed by atoms with van der Waals surface area (Å²) in [5, 5.41) is 7.86. The Labute approximate surface area is 134 Å². The minimum absolute atomic E-state index is 0.0354. The Morgan fingerprint density at radius 2 is 2.09 bits per heavy atom. The van der Waals surface area contributed by atoms with E-state index >= 15 is 0 Å². The lowest BCUT2D eigenvalue weighted by molar-refractivity contribution is -0.274. The van der Waals surface area contributed by atoms with Crippen molar-refractivity contribution >= 4 is 31.6 Å². The van der Waals surface area contributed by atoms with Crippen molar-refractivity contribution in [3.8, 4) is 5.75 Å². The molecule has 0 fully saturated rings. The van der Waals surface area contributed by atoms with Gasteiger partial charge in [-0.15, -0.1) is 13.2 Å². The molecule has 23 heavy (non-hydrogen) atoms. The van der Waals surface area contributed by atoms with Crippen LogP contribution in [0.1, 0.15) is 6.92 Å². The highest BCUT2D eigenvalue weighted by atomic mass is 32.2. The Morgan fingerprint density at radius 1 is 1.39 bits per heavy atom. The van der Waals surface area contributed by atoms with Crippen LogP contribution in [0, 0.1) is 5.41 Å². The average Bonchev–Trinajstić information content (AvgIpc) is 2.69. The number of rotatable bonds is 6. The largest absolute Gasteiger partial charge is 0.573 e. The monoisotopic (exact) mass is 369 g/mol. The molecule has 0 spiro atoms. The standard InChI is InChI=1S/C12H14F3N3O3S2/c1-2-17-23(19,20)6-5-18-9-4-3-8(21-12(13,14)15)7-10(9)22-11(18)16/h3-4,7,16-17H,2,5-6H2,1H3. The number of aryl methyl sites for hydroxylation is 1. The summed E-state index contributed by atoms with van der Waals surface area (Å²) in [5.41, 5.74) is 0.487. The third-order valence-corrected chi connectivity index (χ3v) is 5.26. The molecule has 2 rings (SSSR count). The first-order valence-corrected chi connectivity index (χ1v) is 8.99. The van der Waals surface area contributed by atoms with Crippen LogP contribution in [-0.2, 0) is 16.6 Å². The number of alkyl halides is 3. The van der Waals surface area contributed by atoms with Gasteiger partial charge >= 0.3 is 6.36 Å². The van der Waals surface area contributed by atoms with Gasteiger partial charge in [-0.25, -0.2) is 13.1 Å². The minimum Gasteiger partial charge on any atom is -0.406 e. The van der Waals surface area contributed by atoms with Crippen molar-refractivity contribution in [3.63, 3.8) is 0 Å². The van der Waals surface area contributed by atoms with Gasteiger partial charge in [0.25, 0.3) is 0 Å². The number of ether oxygens (including phenoxy) is 1. The summed E-state index contributed by atoms with van der Waals surface area (Å²) in [4.78, 5) is 0.0517.